The zero-order chi connectivity index (χ0) is 84.7. The summed E-state index contributed by atoms with van der Waals surface area (Å²) in [5.41, 5.74) is 8.85. The van der Waals surface area contributed by atoms with Crippen LogP contribution >= 0.6 is 0 Å². The molecule has 12 aromatic heterocycles. The lowest BCUT2D eigenvalue weighted by atomic mass is 9.57. The van der Waals surface area contributed by atoms with Gasteiger partial charge in [-0.3, -0.25) is 39.1 Å². The Hall–Kier alpha value is -12.3. The highest BCUT2D eigenvalue weighted by molar-refractivity contribution is 5.98. The Balaban J connectivity index is 0.000000116. The quantitative estimate of drug-likeness (QED) is 0.0302. The van der Waals surface area contributed by atoms with Crippen molar-refractivity contribution in [1.29, 1.82) is 0 Å². The molecule has 12 saturated carbocycles. The largest absolute Gasteiger partial charge is 0.469 e. The Labute approximate surface area is 698 Å². The molecular formula is C92H90F6N16O8. The maximum absolute atomic E-state index is 15.0. The van der Waals surface area contributed by atoms with Gasteiger partial charge in [-0.05, 0) is 236 Å². The molecule has 0 saturated heterocycles. The summed E-state index contributed by atoms with van der Waals surface area (Å²) in [5.74, 6) is -0.785. The average Bonchev–Trinajstić information content (AvgIpc) is 0.877. The third-order valence-electron chi connectivity index (χ3n) is 27.9. The molecule has 30 heteroatoms. The number of ether oxygens (including phenoxy) is 4. The van der Waals surface area contributed by atoms with E-state index in [0.717, 1.165) is 112 Å². The van der Waals surface area contributed by atoms with Gasteiger partial charge in [-0.1, -0.05) is 0 Å². The summed E-state index contributed by atoms with van der Waals surface area (Å²) in [6.07, 6.45) is 37.5. The van der Waals surface area contributed by atoms with Crippen molar-refractivity contribution in [2.45, 2.75) is 128 Å². The fourth-order valence-corrected chi connectivity index (χ4v) is 22.3. The predicted molar refractivity (Wildman–Crippen MR) is 438 cm³/mol. The van der Waals surface area contributed by atoms with E-state index in [1.807, 2.05) is 0 Å². The van der Waals surface area contributed by atoms with Crippen molar-refractivity contribution in [3.63, 3.8) is 0 Å². The highest BCUT2D eigenvalue weighted by Gasteiger charge is 2.52. The molecule has 0 radical (unpaired) electrons. The molecule has 12 heterocycles. The summed E-state index contributed by atoms with van der Waals surface area (Å²) in [4.78, 5) is 113. The van der Waals surface area contributed by atoms with Crippen LogP contribution < -0.4 is 0 Å². The molecule has 628 valence electrons. The van der Waals surface area contributed by atoms with Crippen LogP contribution in [0, 0.1) is 143 Å². The first-order valence-electron chi connectivity index (χ1n) is 41.9. The number of rotatable bonds is 16. The summed E-state index contributed by atoms with van der Waals surface area (Å²) in [6, 6.07) is 7.92. The van der Waals surface area contributed by atoms with Gasteiger partial charge < -0.3 is 38.9 Å². The van der Waals surface area contributed by atoms with E-state index < -0.39 is 23.3 Å². The number of hydrogen-bond acceptors (Lipinski definition) is 18. The van der Waals surface area contributed by atoms with Crippen LogP contribution in [0.3, 0.4) is 0 Å². The van der Waals surface area contributed by atoms with E-state index in [2.05, 4.69) is 69.5 Å². The van der Waals surface area contributed by atoms with Gasteiger partial charge in [0.15, 0.2) is 0 Å². The minimum absolute atomic E-state index is 0.0473. The number of fused-ring (bicyclic) bond motifs is 16. The number of methoxy groups -OCH3 is 4. The van der Waals surface area contributed by atoms with E-state index >= 15 is 8.78 Å². The van der Waals surface area contributed by atoms with Crippen molar-refractivity contribution in [3.8, 4) is 45.0 Å². The number of hydrogen-bond donors (Lipinski definition) is 4. The molecule has 0 amide bonds. The Bertz CT molecular complexity index is 5680. The Morgan fingerprint density at radius 1 is 0.352 bits per heavy atom. The van der Waals surface area contributed by atoms with E-state index in [0.29, 0.717) is 128 Å². The number of esters is 4. The van der Waals surface area contributed by atoms with Gasteiger partial charge in [0.2, 0.25) is 11.4 Å². The molecule has 8 bridgehead atoms. The van der Waals surface area contributed by atoms with Gasteiger partial charge in [0.05, 0.1) is 148 Å². The zero-order valence-corrected chi connectivity index (χ0v) is 67.7. The second-order valence-corrected chi connectivity index (χ2v) is 34.0. The van der Waals surface area contributed by atoms with Gasteiger partial charge >= 0.3 is 23.9 Å². The van der Waals surface area contributed by atoms with E-state index in [1.165, 1.54) is 103 Å². The molecule has 12 fully saturated rings. The van der Waals surface area contributed by atoms with Crippen molar-refractivity contribution in [3.05, 3.63) is 191 Å². The number of aromatic nitrogens is 14. The lowest BCUT2D eigenvalue weighted by molar-refractivity contribution is -0.156. The maximum atomic E-state index is 15.0. The summed E-state index contributed by atoms with van der Waals surface area (Å²) in [6.45, 7) is 15.0. The van der Waals surface area contributed by atoms with E-state index in [-0.39, 0.29) is 129 Å². The molecular weight excluding hydrogens is 1570 g/mol. The van der Waals surface area contributed by atoms with Crippen molar-refractivity contribution in [1.82, 2.24) is 69.8 Å². The van der Waals surface area contributed by atoms with Crippen molar-refractivity contribution in [2.24, 2.45) is 94.7 Å². The highest BCUT2D eigenvalue weighted by atomic mass is 19.1. The third kappa shape index (κ3) is 16.1. The number of H-pyrrole nitrogens is 4. The minimum Gasteiger partial charge on any atom is -0.469 e. The Morgan fingerprint density at radius 3 is 0.893 bits per heavy atom. The first-order chi connectivity index (χ1) is 59.3. The van der Waals surface area contributed by atoms with Gasteiger partial charge in [0, 0.05) is 81.0 Å². The Kier molecular flexibility index (Phi) is 23.5. The van der Waals surface area contributed by atoms with Gasteiger partial charge in [-0.25, -0.2) is 65.9 Å². The topological polar surface area (TPSA) is 306 Å². The predicted octanol–water partition coefficient (Wildman–Crippen LogP) is 18.3. The third-order valence-corrected chi connectivity index (χ3v) is 27.9. The average molecular weight is 1660 g/mol. The number of aromatic amines is 4. The van der Waals surface area contributed by atoms with Gasteiger partial charge in [-0.15, -0.1) is 0 Å². The summed E-state index contributed by atoms with van der Waals surface area (Å²) in [7, 11) is 5.75. The van der Waals surface area contributed by atoms with Gasteiger partial charge in [-0.2, -0.15) is 0 Å². The van der Waals surface area contributed by atoms with Crippen LogP contribution in [-0.2, 0) is 63.8 Å². The van der Waals surface area contributed by atoms with Crippen LogP contribution in [-0.4, -0.2) is 122 Å². The SMILES string of the molecule is COC(=O)[C@@H]1C2CCC(CC2)[C@H]1Cc1cncc(-c2c[nH]c3ncc(F)cc23)n1.COC(=O)[C@H]1C2CCC(CC2)[C@@H]1Cc1cncc(-c2c[nH]c3ncc(F)cc23)n1.[C-]#[N+]c1cc(F)c(C[C@@H]2C3CCC(CC3)[C@H]2C(=O)OC)nc1-c1c[nH]c2ncc(F)cc12.[C-]#[N+]c1cc(F)c(C[C@H]2C3CCC(CC3)[C@@H]2C(=O)OC)nc1-c1c[nH]c2ncc(F)cc12. The molecule has 12 aliphatic carbocycles. The second kappa shape index (κ2) is 35.0. The van der Waals surface area contributed by atoms with E-state index in [4.69, 9.17) is 42.1 Å². The van der Waals surface area contributed by atoms with E-state index in [1.54, 1.807) is 49.6 Å². The monoisotopic (exact) mass is 1660 g/mol. The zero-order valence-electron chi connectivity index (χ0n) is 67.7. The normalized spacial score (nSPS) is 25.2. The highest BCUT2D eigenvalue weighted by Crippen LogP contribution is 2.55. The maximum Gasteiger partial charge on any atom is 0.309 e. The fraction of sp³-hybridized carbons (Fsp3) is 0.435. The molecule has 24 nitrogen and oxygen atoms in total. The molecule has 8 atom stereocenters. The standard InChI is InChI=1S/2C24H22F2N4O2.2C22H23FN4O2/c2*1-27-20-9-18(26)19(8-15-12-3-5-13(6-4-12)21(15)24(31)32-2)30-22(20)17-11-29-23-16(17)7-14(25)10-28-23;2*1-29-22(28)20-13-4-2-12(3-5-13)16(20)7-15-9-24-11-19(27-15)18-10-26-21-17(18)6-14(23)8-25-21/h2*7,9-13,15,21H,3-6,8H2,2H3,(H,28,29);2*6,8-13,16,20H,2-5,7H2,1H3,(H,25,26)/t2*12?,13?,15-,21-;2*12?,13?,16-,20-/m1010/s1. The summed E-state index contributed by atoms with van der Waals surface area (Å²) in [5, 5.41) is 2.31. The van der Waals surface area contributed by atoms with Crippen LogP contribution in [0.5, 0.6) is 0 Å². The molecule has 12 aromatic rings. The van der Waals surface area contributed by atoms with Gasteiger partial charge in [0.1, 0.15) is 57.5 Å². The lowest BCUT2D eigenvalue weighted by Gasteiger charge is -2.47. The number of nitrogens with one attached hydrogen (secondary N) is 4. The first kappa shape index (κ1) is 82.0. The first-order valence-corrected chi connectivity index (χ1v) is 41.9. The molecule has 0 unspecified atom stereocenters. The minimum atomic E-state index is -0.561. The molecule has 0 aromatic carbocycles. The molecule has 122 heavy (non-hydrogen) atoms. The van der Waals surface area contributed by atoms with Crippen LogP contribution in [0.2, 0.25) is 0 Å². The summed E-state index contributed by atoms with van der Waals surface area (Å²) >= 11 is 0. The Morgan fingerprint density at radius 2 is 0.615 bits per heavy atom. The molecule has 0 aliphatic heterocycles. The van der Waals surface area contributed by atoms with Crippen LogP contribution in [0.1, 0.15) is 126 Å². The van der Waals surface area contributed by atoms with Crippen LogP contribution in [0.15, 0.2) is 111 Å². The van der Waals surface area contributed by atoms with Crippen molar-refractivity contribution in [2.75, 3.05) is 28.4 Å². The number of pyridine rings is 6. The fourth-order valence-electron chi connectivity index (χ4n) is 22.3. The molecule has 0 spiro atoms. The molecule has 24 rings (SSSR count). The van der Waals surface area contributed by atoms with Gasteiger partial charge in [0.25, 0.3) is 0 Å². The number of halogens is 6. The molecule has 4 N–H and O–H groups in total. The summed E-state index contributed by atoms with van der Waals surface area (Å²) < 4.78 is 106. The van der Waals surface area contributed by atoms with E-state index in [9.17, 15) is 36.7 Å². The number of carbonyl (C=O) groups is 4. The number of carbonyl (C=O) groups excluding carboxylic acids is 4. The lowest BCUT2D eigenvalue weighted by Crippen LogP contribution is -2.45. The second-order valence-electron chi connectivity index (χ2n) is 34.0. The smallest absolute Gasteiger partial charge is 0.309 e. The molecule has 12 aliphatic rings. The van der Waals surface area contributed by atoms with Crippen molar-refractivity contribution >= 4 is 79.4 Å². The van der Waals surface area contributed by atoms with Crippen LogP contribution in [0.4, 0.5) is 37.7 Å². The van der Waals surface area contributed by atoms with Crippen LogP contribution in [0.25, 0.3) is 98.9 Å². The number of nitrogens with zero attached hydrogens (tertiary/aromatic N) is 12. The van der Waals surface area contributed by atoms with Crippen molar-refractivity contribution < 1.29 is 64.5 Å².